The lowest BCUT2D eigenvalue weighted by Gasteiger charge is -2.02. The molecule has 0 atom stereocenters. The van der Waals surface area contributed by atoms with E-state index in [1.165, 1.54) is 6.07 Å². The fourth-order valence-electron chi connectivity index (χ4n) is 1.94. The second-order valence-corrected chi connectivity index (χ2v) is 5.43. The Hall–Kier alpha value is -1.83. The van der Waals surface area contributed by atoms with Crippen molar-refractivity contribution in [2.75, 3.05) is 0 Å². The van der Waals surface area contributed by atoms with Gasteiger partial charge in [-0.1, -0.05) is 53.9 Å². The molecule has 0 unspecified atom stereocenters. The van der Waals surface area contributed by atoms with Crippen LogP contribution in [0.3, 0.4) is 0 Å². The van der Waals surface area contributed by atoms with Gasteiger partial charge in [-0.05, 0) is 35.3 Å². The van der Waals surface area contributed by atoms with E-state index in [4.69, 9.17) is 25.3 Å². The van der Waals surface area contributed by atoms with Crippen LogP contribution in [0.2, 0.25) is 5.02 Å². The molecule has 0 N–H and O–H groups in total. The minimum atomic E-state index is -0.513. The Kier molecular flexibility index (Phi) is 1.27. The monoisotopic (exact) mass is 304 g/mol. The molecule has 4 rings (SSSR count). The van der Waals surface area contributed by atoms with Crippen molar-refractivity contribution in [3.8, 4) is 11.1 Å². The van der Waals surface area contributed by atoms with Crippen LogP contribution >= 0.6 is 22.9 Å². The average molecular weight is 305 g/mol. The molecule has 3 aromatic carbocycles. The lowest BCUT2D eigenvalue weighted by molar-refractivity contribution is 1.65. The fraction of sp³-hybridized carbons (Fsp3) is 0. The zero-order valence-electron chi connectivity index (χ0n) is 19.9. The molecule has 0 nitrogen and oxygen atoms in total. The highest BCUT2D eigenvalue weighted by atomic mass is 35.5. The standard InChI is InChI=1S/C18H11ClS/c19-14-5-3-4-12(10-14)13-8-9-16-15-6-1-2-7-17(15)20-18(16)11-13/h1-11H/i1D,2D,3D,4D,5D,6D,7D,8D,10D,11D. The summed E-state index contributed by atoms with van der Waals surface area (Å²) in [4.78, 5) is 0. The Balaban J connectivity index is 2.20. The quantitative estimate of drug-likeness (QED) is 0.383. The van der Waals surface area contributed by atoms with E-state index in [-0.39, 0.29) is 55.1 Å². The van der Waals surface area contributed by atoms with Gasteiger partial charge in [-0.3, -0.25) is 0 Å². The number of thiophene rings is 1. The van der Waals surface area contributed by atoms with Crippen LogP contribution in [-0.2, 0) is 0 Å². The number of hydrogen-bond donors (Lipinski definition) is 0. The summed E-state index contributed by atoms with van der Waals surface area (Å²) in [5.41, 5.74) is -0.301. The summed E-state index contributed by atoms with van der Waals surface area (Å²) in [7, 11) is 0. The van der Waals surface area contributed by atoms with E-state index in [2.05, 4.69) is 0 Å². The third-order valence-electron chi connectivity index (χ3n) is 2.82. The van der Waals surface area contributed by atoms with E-state index in [0.717, 1.165) is 11.3 Å². The lowest BCUT2D eigenvalue weighted by Crippen LogP contribution is -1.77. The number of rotatable bonds is 1. The van der Waals surface area contributed by atoms with Gasteiger partial charge < -0.3 is 0 Å². The highest BCUT2D eigenvalue weighted by Gasteiger charge is 2.06. The van der Waals surface area contributed by atoms with Crippen molar-refractivity contribution in [3.05, 3.63) is 71.5 Å². The second kappa shape index (κ2) is 4.62. The van der Waals surface area contributed by atoms with E-state index in [0.29, 0.717) is 5.39 Å². The van der Waals surface area contributed by atoms with Crippen LogP contribution in [0.25, 0.3) is 31.3 Å². The van der Waals surface area contributed by atoms with Crippen molar-refractivity contribution in [3.63, 3.8) is 0 Å². The van der Waals surface area contributed by atoms with Gasteiger partial charge in [0, 0.05) is 25.2 Å². The van der Waals surface area contributed by atoms with Crippen LogP contribution in [0.1, 0.15) is 13.7 Å². The van der Waals surface area contributed by atoms with Crippen LogP contribution in [0.4, 0.5) is 0 Å². The minimum Gasteiger partial charge on any atom is -0.135 e. The highest BCUT2D eigenvalue weighted by Crippen LogP contribution is 2.36. The van der Waals surface area contributed by atoms with Crippen molar-refractivity contribution < 1.29 is 13.7 Å². The zero-order valence-corrected chi connectivity index (χ0v) is 11.4. The SMILES string of the molecule is [2H]c1cc2c(sc3c([2H])c([2H])c([2H])c([2H])c32)c([2H])c1-c1c([2H])c([2H])c([2H])c(Cl)c1[2H]. The van der Waals surface area contributed by atoms with Gasteiger partial charge in [-0.2, -0.15) is 0 Å². The predicted octanol–water partition coefficient (Wildman–Crippen LogP) is 6.37. The first-order valence-corrected chi connectivity index (χ1v) is 6.87. The first-order valence-electron chi connectivity index (χ1n) is 10.7. The van der Waals surface area contributed by atoms with Crippen molar-refractivity contribution in [1.82, 2.24) is 0 Å². The molecule has 0 bridgehead atoms. The number of hydrogen-bond acceptors (Lipinski definition) is 1. The molecule has 96 valence electrons. The summed E-state index contributed by atoms with van der Waals surface area (Å²) >= 11 is 6.96. The Bertz CT molecular complexity index is 1380. The smallest absolute Gasteiger partial charge is 0.0645 e. The lowest BCUT2D eigenvalue weighted by atomic mass is 10.0. The van der Waals surface area contributed by atoms with E-state index in [1.807, 2.05) is 0 Å². The van der Waals surface area contributed by atoms with E-state index >= 15 is 0 Å². The summed E-state index contributed by atoms with van der Waals surface area (Å²) in [5, 5.41) is 0.182. The van der Waals surface area contributed by atoms with E-state index in [1.54, 1.807) is 0 Å². The molecular formula is C18H11ClS. The second-order valence-electron chi connectivity index (χ2n) is 4.03. The van der Waals surface area contributed by atoms with Gasteiger partial charge in [0.2, 0.25) is 0 Å². The van der Waals surface area contributed by atoms with Gasteiger partial charge >= 0.3 is 0 Å². The Morgan fingerprint density at radius 2 is 1.65 bits per heavy atom. The molecule has 2 heteroatoms. The number of halogens is 1. The normalized spacial score (nSPS) is 18.2. The molecule has 20 heavy (non-hydrogen) atoms. The van der Waals surface area contributed by atoms with Crippen LogP contribution in [0.15, 0.2) is 66.5 Å². The molecule has 0 radical (unpaired) electrons. The summed E-state index contributed by atoms with van der Waals surface area (Å²) in [6.07, 6.45) is 0. The third kappa shape index (κ3) is 1.91. The summed E-state index contributed by atoms with van der Waals surface area (Å²) < 4.78 is 81.8. The largest absolute Gasteiger partial charge is 0.135 e. The molecule has 0 fully saturated rings. The Morgan fingerprint density at radius 1 is 0.800 bits per heavy atom. The van der Waals surface area contributed by atoms with Crippen LogP contribution in [0, 0.1) is 0 Å². The fourth-order valence-corrected chi connectivity index (χ4v) is 3.08. The predicted molar refractivity (Wildman–Crippen MR) is 89.8 cm³/mol. The van der Waals surface area contributed by atoms with Crippen molar-refractivity contribution >= 4 is 43.1 Å². The number of fused-ring (bicyclic) bond motifs is 3. The maximum atomic E-state index is 8.64. The summed E-state index contributed by atoms with van der Waals surface area (Å²) in [6, 6.07) is -2.33. The maximum Gasteiger partial charge on any atom is 0.0645 e. The molecule has 0 saturated heterocycles. The van der Waals surface area contributed by atoms with Gasteiger partial charge in [0.1, 0.15) is 0 Å². The molecule has 4 aromatic rings. The first-order chi connectivity index (χ1) is 14.0. The van der Waals surface area contributed by atoms with Gasteiger partial charge in [-0.25, -0.2) is 0 Å². The highest BCUT2D eigenvalue weighted by molar-refractivity contribution is 7.25. The molecule has 0 spiro atoms. The van der Waals surface area contributed by atoms with Gasteiger partial charge in [0.05, 0.1) is 13.7 Å². The molecule has 0 saturated carbocycles. The molecule has 0 aliphatic heterocycles. The molecule has 0 aliphatic carbocycles. The van der Waals surface area contributed by atoms with Crippen LogP contribution < -0.4 is 0 Å². The van der Waals surface area contributed by atoms with E-state index < -0.39 is 36.3 Å². The third-order valence-corrected chi connectivity index (χ3v) is 4.04. The topological polar surface area (TPSA) is 0 Å². The minimum absolute atomic E-state index is 0.102. The van der Waals surface area contributed by atoms with Crippen LogP contribution in [0.5, 0.6) is 0 Å². The maximum absolute atomic E-state index is 8.64. The van der Waals surface area contributed by atoms with Gasteiger partial charge in [0.15, 0.2) is 0 Å². The van der Waals surface area contributed by atoms with E-state index in [9.17, 15) is 0 Å². The van der Waals surface area contributed by atoms with Crippen molar-refractivity contribution in [2.24, 2.45) is 0 Å². The number of benzene rings is 3. The first kappa shape index (κ1) is 5.51. The molecule has 0 amide bonds. The van der Waals surface area contributed by atoms with Gasteiger partial charge in [-0.15, -0.1) is 11.3 Å². The Labute approximate surface area is 140 Å². The molecular weight excluding hydrogens is 284 g/mol. The van der Waals surface area contributed by atoms with Crippen LogP contribution in [-0.4, -0.2) is 0 Å². The summed E-state index contributed by atoms with van der Waals surface area (Å²) in [6.45, 7) is 0. The Morgan fingerprint density at radius 3 is 2.60 bits per heavy atom. The molecule has 1 heterocycles. The van der Waals surface area contributed by atoms with Gasteiger partial charge in [0.25, 0.3) is 0 Å². The molecule has 0 aliphatic rings. The zero-order chi connectivity index (χ0) is 22.2. The molecule has 1 aromatic heterocycles. The summed E-state index contributed by atoms with van der Waals surface area (Å²) in [5.74, 6) is 0. The van der Waals surface area contributed by atoms with Crippen molar-refractivity contribution in [1.29, 1.82) is 0 Å². The van der Waals surface area contributed by atoms with Crippen molar-refractivity contribution in [2.45, 2.75) is 0 Å². The average Bonchev–Trinajstić information content (AvgIpc) is 3.09.